The summed E-state index contributed by atoms with van der Waals surface area (Å²) in [6.45, 7) is 7.98. The van der Waals surface area contributed by atoms with Gasteiger partial charge in [-0.1, -0.05) is 35.0 Å². The van der Waals surface area contributed by atoms with Crippen LogP contribution in [-0.4, -0.2) is 44.3 Å². The first kappa shape index (κ1) is 25.3. The first-order valence-electron chi connectivity index (χ1n) is 11.5. The van der Waals surface area contributed by atoms with Gasteiger partial charge >= 0.3 is 5.69 Å². The van der Waals surface area contributed by atoms with Crippen molar-refractivity contribution in [3.8, 4) is 5.75 Å². The summed E-state index contributed by atoms with van der Waals surface area (Å²) in [4.78, 5) is 26.3. The molecule has 0 saturated carbocycles. The van der Waals surface area contributed by atoms with Gasteiger partial charge in [0, 0.05) is 34.9 Å². The van der Waals surface area contributed by atoms with E-state index in [9.17, 15) is 15.2 Å². The minimum Gasteiger partial charge on any atom is -0.502 e. The second-order valence-electron chi connectivity index (χ2n) is 8.81. The molecule has 0 bridgehead atoms. The number of rotatable bonds is 7. The van der Waals surface area contributed by atoms with Crippen molar-refractivity contribution in [2.45, 2.75) is 33.6 Å². The highest BCUT2D eigenvalue weighted by atomic mass is 79.9. The standard InChI is InChI=1S/C24H27BrN8O3/c1-14-7-9-32(10-8-14)24-29-22(27-19-6-4-5-15(2)16(19)3)28-23(30-24)31-26-13-17-11-18(25)12-20(21(17)34)33(35)36/h4-6,11-14,34H,7-10H2,1-3H3,(H2,27,28,29,30,31). The zero-order valence-corrected chi connectivity index (χ0v) is 21.8. The van der Waals surface area contributed by atoms with E-state index >= 15 is 0 Å². The number of aromatic hydroxyl groups is 1. The van der Waals surface area contributed by atoms with Crippen LogP contribution < -0.4 is 15.6 Å². The molecule has 0 unspecified atom stereocenters. The van der Waals surface area contributed by atoms with Gasteiger partial charge < -0.3 is 15.3 Å². The molecule has 0 aliphatic carbocycles. The van der Waals surface area contributed by atoms with Crippen molar-refractivity contribution in [2.75, 3.05) is 28.7 Å². The van der Waals surface area contributed by atoms with Crippen LogP contribution in [0.15, 0.2) is 39.9 Å². The summed E-state index contributed by atoms with van der Waals surface area (Å²) in [5, 5.41) is 28.8. The molecular formula is C24H27BrN8O3. The molecule has 188 valence electrons. The number of nitrogens with one attached hydrogen (secondary N) is 2. The molecule has 2 heterocycles. The second kappa shape index (κ2) is 10.9. The fraction of sp³-hybridized carbons (Fsp3) is 0.333. The second-order valence-corrected chi connectivity index (χ2v) is 9.73. The van der Waals surface area contributed by atoms with Crippen molar-refractivity contribution in [1.29, 1.82) is 0 Å². The van der Waals surface area contributed by atoms with Crippen LogP contribution in [0.5, 0.6) is 5.75 Å². The van der Waals surface area contributed by atoms with E-state index in [4.69, 9.17) is 0 Å². The van der Waals surface area contributed by atoms with Gasteiger partial charge in [0.2, 0.25) is 23.6 Å². The molecule has 1 aliphatic heterocycles. The highest BCUT2D eigenvalue weighted by molar-refractivity contribution is 9.10. The molecule has 3 aromatic rings. The van der Waals surface area contributed by atoms with Crippen LogP contribution in [0.4, 0.5) is 29.2 Å². The average Bonchev–Trinajstić information content (AvgIpc) is 2.84. The van der Waals surface area contributed by atoms with E-state index in [0.29, 0.717) is 22.3 Å². The number of aromatic nitrogens is 3. The molecular weight excluding hydrogens is 528 g/mol. The summed E-state index contributed by atoms with van der Waals surface area (Å²) in [6, 6.07) is 8.71. The van der Waals surface area contributed by atoms with E-state index < -0.39 is 16.4 Å². The van der Waals surface area contributed by atoms with Gasteiger partial charge in [-0.2, -0.15) is 20.1 Å². The predicted octanol–water partition coefficient (Wildman–Crippen LogP) is 5.29. The van der Waals surface area contributed by atoms with Crippen LogP contribution in [0.25, 0.3) is 0 Å². The third-order valence-electron chi connectivity index (χ3n) is 6.19. The van der Waals surface area contributed by atoms with E-state index in [1.165, 1.54) is 18.3 Å². The average molecular weight is 555 g/mol. The molecule has 2 aromatic carbocycles. The van der Waals surface area contributed by atoms with Crippen LogP contribution in [-0.2, 0) is 0 Å². The lowest BCUT2D eigenvalue weighted by Crippen LogP contribution is -2.34. The van der Waals surface area contributed by atoms with Crippen LogP contribution in [0.1, 0.15) is 36.5 Å². The van der Waals surface area contributed by atoms with Gasteiger partial charge in [0.25, 0.3) is 0 Å². The van der Waals surface area contributed by atoms with Gasteiger partial charge in [-0.25, -0.2) is 5.43 Å². The number of hydrogen-bond donors (Lipinski definition) is 3. The molecule has 11 nitrogen and oxygen atoms in total. The highest BCUT2D eigenvalue weighted by Crippen LogP contribution is 2.32. The van der Waals surface area contributed by atoms with Gasteiger partial charge in [0.05, 0.1) is 11.1 Å². The van der Waals surface area contributed by atoms with Crippen molar-refractivity contribution in [3.63, 3.8) is 0 Å². The van der Waals surface area contributed by atoms with Crippen LogP contribution in [0.3, 0.4) is 0 Å². The molecule has 1 fully saturated rings. The maximum Gasteiger partial charge on any atom is 0.312 e. The Bertz CT molecular complexity index is 1310. The lowest BCUT2D eigenvalue weighted by Gasteiger charge is -2.30. The maximum absolute atomic E-state index is 11.2. The monoisotopic (exact) mass is 554 g/mol. The van der Waals surface area contributed by atoms with E-state index in [1.807, 2.05) is 32.0 Å². The number of aryl methyl sites for hydroxylation is 1. The van der Waals surface area contributed by atoms with Gasteiger partial charge in [-0.15, -0.1) is 0 Å². The Morgan fingerprint density at radius 2 is 1.92 bits per heavy atom. The van der Waals surface area contributed by atoms with Gasteiger partial charge in [-0.3, -0.25) is 10.1 Å². The Kier molecular flexibility index (Phi) is 7.63. The SMILES string of the molecule is Cc1cccc(Nc2nc(NN=Cc3cc(Br)cc([N+](=O)[O-])c3O)nc(N3CCC(C)CC3)n2)c1C. The maximum atomic E-state index is 11.2. The van der Waals surface area contributed by atoms with Crippen molar-refractivity contribution in [1.82, 2.24) is 15.0 Å². The van der Waals surface area contributed by atoms with Crippen molar-refractivity contribution < 1.29 is 10.0 Å². The van der Waals surface area contributed by atoms with Crippen molar-refractivity contribution in [2.24, 2.45) is 11.0 Å². The number of nitrogens with zero attached hydrogens (tertiary/aromatic N) is 6. The molecule has 12 heteroatoms. The summed E-state index contributed by atoms with van der Waals surface area (Å²) in [5.41, 5.74) is 5.63. The molecule has 0 radical (unpaired) electrons. The number of benzene rings is 2. The van der Waals surface area contributed by atoms with Crippen LogP contribution in [0, 0.1) is 29.9 Å². The molecule has 4 rings (SSSR count). The number of hydrazone groups is 1. The summed E-state index contributed by atoms with van der Waals surface area (Å²) < 4.78 is 0.440. The molecule has 1 aromatic heterocycles. The topological polar surface area (TPSA) is 142 Å². The number of piperidine rings is 1. The van der Waals surface area contributed by atoms with E-state index in [2.05, 4.69) is 58.5 Å². The van der Waals surface area contributed by atoms with E-state index in [-0.39, 0.29) is 11.5 Å². The smallest absolute Gasteiger partial charge is 0.312 e. The summed E-state index contributed by atoms with van der Waals surface area (Å²) >= 11 is 3.22. The largest absolute Gasteiger partial charge is 0.502 e. The Morgan fingerprint density at radius 3 is 2.64 bits per heavy atom. The minimum absolute atomic E-state index is 0.164. The normalized spacial score (nSPS) is 14.3. The van der Waals surface area contributed by atoms with E-state index in [1.54, 1.807) is 0 Å². The third kappa shape index (κ3) is 5.88. The number of phenolic OH excluding ortho intramolecular Hbond substituents is 1. The number of halogens is 1. The van der Waals surface area contributed by atoms with Gasteiger partial charge in [-0.05, 0) is 55.9 Å². The predicted molar refractivity (Wildman–Crippen MR) is 143 cm³/mol. The molecule has 3 N–H and O–H groups in total. The Labute approximate surface area is 217 Å². The summed E-state index contributed by atoms with van der Waals surface area (Å²) in [5.74, 6) is 1.27. The number of anilines is 4. The fourth-order valence-corrected chi connectivity index (χ4v) is 4.29. The molecule has 1 aliphatic rings. The van der Waals surface area contributed by atoms with Crippen LogP contribution >= 0.6 is 15.9 Å². The van der Waals surface area contributed by atoms with Crippen molar-refractivity contribution in [3.05, 3.63) is 61.6 Å². The number of nitro benzene ring substituents is 1. The fourth-order valence-electron chi connectivity index (χ4n) is 3.83. The summed E-state index contributed by atoms with van der Waals surface area (Å²) in [6.07, 6.45) is 3.37. The number of nitro groups is 1. The number of hydrogen-bond acceptors (Lipinski definition) is 10. The minimum atomic E-state index is -0.659. The lowest BCUT2D eigenvalue weighted by atomic mass is 10.00. The first-order chi connectivity index (χ1) is 17.2. The molecule has 1 saturated heterocycles. The Balaban J connectivity index is 1.63. The van der Waals surface area contributed by atoms with Gasteiger partial charge in [0.1, 0.15) is 0 Å². The zero-order valence-electron chi connectivity index (χ0n) is 20.2. The van der Waals surface area contributed by atoms with Crippen molar-refractivity contribution >= 4 is 51.4 Å². The zero-order chi connectivity index (χ0) is 25.8. The molecule has 0 atom stereocenters. The molecule has 0 spiro atoms. The summed E-state index contributed by atoms with van der Waals surface area (Å²) in [7, 11) is 0. The Hall–Kier alpha value is -3.80. The Morgan fingerprint density at radius 1 is 1.19 bits per heavy atom. The quantitative estimate of drug-likeness (QED) is 0.201. The molecule has 0 amide bonds. The highest BCUT2D eigenvalue weighted by Gasteiger charge is 2.20. The van der Waals surface area contributed by atoms with Crippen LogP contribution in [0.2, 0.25) is 0 Å². The first-order valence-corrected chi connectivity index (χ1v) is 12.3. The number of phenols is 1. The van der Waals surface area contributed by atoms with E-state index in [0.717, 1.165) is 42.7 Å². The third-order valence-corrected chi connectivity index (χ3v) is 6.65. The molecule has 36 heavy (non-hydrogen) atoms. The lowest BCUT2D eigenvalue weighted by molar-refractivity contribution is -0.385. The van der Waals surface area contributed by atoms with Gasteiger partial charge in [0.15, 0.2) is 0 Å².